The molecule has 0 unspecified atom stereocenters. The molecule has 0 fully saturated rings. The molecular weight excluding hydrogens is 393 g/mol. The molecule has 2 aromatic carbocycles. The summed E-state index contributed by atoms with van der Waals surface area (Å²) < 4.78 is 23.9. The van der Waals surface area contributed by atoms with Gasteiger partial charge in [0.15, 0.2) is 0 Å². The smallest absolute Gasteiger partial charge is 0.277 e. The van der Waals surface area contributed by atoms with E-state index in [0.29, 0.717) is 28.8 Å². The predicted molar refractivity (Wildman–Crippen MR) is 100 cm³/mol. The van der Waals surface area contributed by atoms with Gasteiger partial charge in [-0.25, -0.2) is 4.39 Å². The van der Waals surface area contributed by atoms with Gasteiger partial charge in [-0.2, -0.15) is 0 Å². The fraction of sp³-hybridized carbons (Fsp3) is 0.167. The van der Waals surface area contributed by atoms with E-state index in [4.69, 9.17) is 20.8 Å². The summed E-state index contributed by atoms with van der Waals surface area (Å²) in [5, 5.41) is 11.3. The van der Waals surface area contributed by atoms with Crippen LogP contribution in [-0.4, -0.2) is 35.0 Å². The molecule has 0 aliphatic heterocycles. The van der Waals surface area contributed by atoms with Crippen LogP contribution < -0.4 is 10.1 Å². The average Bonchev–Trinajstić information content (AvgIpc) is 3.13. The van der Waals surface area contributed by atoms with Gasteiger partial charge in [0.1, 0.15) is 18.2 Å². The van der Waals surface area contributed by atoms with Crippen molar-refractivity contribution in [2.45, 2.75) is 5.22 Å². The van der Waals surface area contributed by atoms with Crippen molar-refractivity contribution in [2.24, 2.45) is 0 Å². The van der Waals surface area contributed by atoms with Crippen molar-refractivity contribution >= 4 is 29.3 Å². The van der Waals surface area contributed by atoms with E-state index in [1.165, 1.54) is 12.1 Å². The number of hydrogen-bond acceptors (Lipinski definition) is 6. The number of benzene rings is 2. The van der Waals surface area contributed by atoms with Crippen LogP contribution in [0.25, 0.3) is 11.5 Å². The third-order valence-electron chi connectivity index (χ3n) is 3.33. The van der Waals surface area contributed by atoms with E-state index >= 15 is 0 Å². The summed E-state index contributed by atoms with van der Waals surface area (Å²) in [7, 11) is 0. The van der Waals surface area contributed by atoms with Gasteiger partial charge in [0, 0.05) is 6.07 Å². The Kier molecular flexibility index (Phi) is 6.67. The lowest BCUT2D eigenvalue weighted by molar-refractivity contribution is -0.118. The third kappa shape index (κ3) is 5.70. The zero-order valence-corrected chi connectivity index (χ0v) is 15.6. The number of thioether (sulfide) groups is 1. The number of amides is 1. The molecule has 6 nitrogen and oxygen atoms in total. The highest BCUT2D eigenvalue weighted by molar-refractivity contribution is 7.99. The Bertz CT molecular complexity index is 922. The second kappa shape index (κ2) is 9.38. The van der Waals surface area contributed by atoms with Gasteiger partial charge in [0.25, 0.3) is 5.22 Å². The molecule has 3 aromatic rings. The number of halogens is 2. The van der Waals surface area contributed by atoms with Gasteiger partial charge in [-0.1, -0.05) is 41.6 Å². The lowest BCUT2D eigenvalue weighted by atomic mass is 10.2. The molecule has 140 valence electrons. The van der Waals surface area contributed by atoms with Crippen LogP contribution in [-0.2, 0) is 4.79 Å². The molecule has 1 amide bonds. The summed E-state index contributed by atoms with van der Waals surface area (Å²) in [6.45, 7) is 0.529. The molecule has 0 aliphatic rings. The number of hydrogen-bond donors (Lipinski definition) is 1. The zero-order chi connectivity index (χ0) is 19.1. The summed E-state index contributed by atoms with van der Waals surface area (Å²) >= 11 is 7.21. The highest BCUT2D eigenvalue weighted by atomic mass is 35.5. The zero-order valence-electron chi connectivity index (χ0n) is 14.0. The van der Waals surface area contributed by atoms with Crippen molar-refractivity contribution in [3.05, 3.63) is 59.4 Å². The van der Waals surface area contributed by atoms with E-state index in [2.05, 4.69) is 15.5 Å². The largest absolute Gasteiger partial charge is 0.492 e. The van der Waals surface area contributed by atoms with Crippen LogP contribution in [0.15, 0.2) is 58.2 Å². The van der Waals surface area contributed by atoms with Crippen LogP contribution in [0.2, 0.25) is 5.02 Å². The van der Waals surface area contributed by atoms with Crippen LogP contribution >= 0.6 is 23.4 Å². The van der Waals surface area contributed by atoms with Crippen molar-refractivity contribution in [1.82, 2.24) is 15.5 Å². The fourth-order valence-corrected chi connectivity index (χ4v) is 2.92. The first-order chi connectivity index (χ1) is 13.1. The maximum absolute atomic E-state index is 13.0. The van der Waals surface area contributed by atoms with Crippen molar-refractivity contribution in [1.29, 1.82) is 0 Å². The number of aromatic nitrogens is 2. The Morgan fingerprint density at radius 2 is 2.07 bits per heavy atom. The van der Waals surface area contributed by atoms with Gasteiger partial charge in [-0.3, -0.25) is 4.79 Å². The van der Waals surface area contributed by atoms with Gasteiger partial charge in [0.05, 0.1) is 22.9 Å². The van der Waals surface area contributed by atoms with Gasteiger partial charge in [-0.05, 0) is 24.3 Å². The molecular formula is C18H15ClFN3O3S. The lowest BCUT2D eigenvalue weighted by Crippen LogP contribution is -2.29. The molecule has 1 heterocycles. The van der Waals surface area contributed by atoms with Crippen molar-refractivity contribution in [3.63, 3.8) is 0 Å². The molecule has 0 bridgehead atoms. The van der Waals surface area contributed by atoms with Crippen molar-refractivity contribution in [3.8, 4) is 17.2 Å². The molecule has 0 atom stereocenters. The first-order valence-corrected chi connectivity index (χ1v) is 9.34. The van der Waals surface area contributed by atoms with Crippen molar-refractivity contribution in [2.75, 3.05) is 18.9 Å². The molecule has 9 heteroatoms. The number of ether oxygens (including phenoxy) is 1. The van der Waals surface area contributed by atoms with E-state index in [1.807, 2.05) is 6.07 Å². The molecule has 0 saturated heterocycles. The Morgan fingerprint density at radius 1 is 1.22 bits per heavy atom. The first kappa shape index (κ1) is 19.2. The molecule has 3 rings (SSSR count). The summed E-state index contributed by atoms with van der Waals surface area (Å²) in [6.07, 6.45) is 0. The van der Waals surface area contributed by atoms with E-state index in [9.17, 15) is 9.18 Å². The van der Waals surface area contributed by atoms with E-state index in [1.54, 1.807) is 30.3 Å². The average molecular weight is 408 g/mol. The normalized spacial score (nSPS) is 10.6. The second-order valence-corrected chi connectivity index (χ2v) is 6.63. The van der Waals surface area contributed by atoms with E-state index in [-0.39, 0.29) is 29.3 Å². The minimum Gasteiger partial charge on any atom is -0.492 e. The maximum atomic E-state index is 13.0. The molecule has 0 aliphatic carbocycles. The number of carbonyl (C=O) groups is 1. The van der Waals surface area contributed by atoms with Gasteiger partial charge < -0.3 is 14.5 Å². The molecule has 0 radical (unpaired) electrons. The molecule has 1 aromatic heterocycles. The van der Waals surface area contributed by atoms with E-state index in [0.717, 1.165) is 11.8 Å². The third-order valence-corrected chi connectivity index (χ3v) is 4.47. The Labute approximate surface area is 164 Å². The quantitative estimate of drug-likeness (QED) is 0.452. The summed E-state index contributed by atoms with van der Waals surface area (Å²) in [5.74, 6) is 0.247. The number of rotatable bonds is 8. The topological polar surface area (TPSA) is 77.2 Å². The lowest BCUT2D eigenvalue weighted by Gasteiger charge is -2.07. The minimum atomic E-state index is -0.372. The Morgan fingerprint density at radius 3 is 2.89 bits per heavy atom. The van der Waals surface area contributed by atoms with Crippen LogP contribution in [0, 0.1) is 5.82 Å². The van der Waals surface area contributed by atoms with Gasteiger partial charge in [-0.15, -0.1) is 10.2 Å². The molecule has 1 N–H and O–H groups in total. The minimum absolute atomic E-state index is 0.115. The van der Waals surface area contributed by atoms with Gasteiger partial charge in [0.2, 0.25) is 11.8 Å². The number of nitrogens with one attached hydrogen (secondary N) is 1. The van der Waals surface area contributed by atoms with Crippen LogP contribution in [0.1, 0.15) is 0 Å². The summed E-state index contributed by atoms with van der Waals surface area (Å²) in [4.78, 5) is 11.9. The highest BCUT2D eigenvalue weighted by Gasteiger charge is 2.13. The van der Waals surface area contributed by atoms with Crippen LogP contribution in [0.4, 0.5) is 4.39 Å². The fourth-order valence-electron chi connectivity index (χ4n) is 2.11. The molecule has 27 heavy (non-hydrogen) atoms. The van der Waals surface area contributed by atoms with Crippen LogP contribution in [0.3, 0.4) is 0 Å². The predicted octanol–water partition coefficient (Wildman–Crippen LogP) is 3.82. The standard InChI is InChI=1S/C18H15ClFN3O3S/c19-15-7-2-1-6-14(15)17-22-23-18(26-17)27-11-16(24)21-8-9-25-13-5-3-4-12(20)10-13/h1-7,10H,8-9,11H2,(H,21,24). The highest BCUT2D eigenvalue weighted by Crippen LogP contribution is 2.28. The van der Waals surface area contributed by atoms with Crippen LogP contribution in [0.5, 0.6) is 5.75 Å². The Hall–Kier alpha value is -2.58. The van der Waals surface area contributed by atoms with Gasteiger partial charge >= 0.3 is 0 Å². The second-order valence-electron chi connectivity index (χ2n) is 5.30. The molecule has 0 spiro atoms. The van der Waals surface area contributed by atoms with E-state index < -0.39 is 0 Å². The number of nitrogens with zero attached hydrogens (tertiary/aromatic N) is 2. The maximum Gasteiger partial charge on any atom is 0.277 e. The summed E-state index contributed by atoms with van der Waals surface area (Å²) in [6, 6.07) is 12.9. The van der Waals surface area contributed by atoms with Crippen molar-refractivity contribution < 1.29 is 18.3 Å². The Balaban J connectivity index is 1.40. The first-order valence-electron chi connectivity index (χ1n) is 7.98. The summed E-state index contributed by atoms with van der Waals surface area (Å²) in [5.41, 5.74) is 0.637. The molecule has 0 saturated carbocycles. The number of carbonyl (C=O) groups excluding carboxylic acids is 1. The SMILES string of the molecule is O=C(CSc1nnc(-c2ccccc2Cl)o1)NCCOc1cccc(F)c1. The monoisotopic (exact) mass is 407 g/mol.